The molecule has 0 aliphatic carbocycles. The van der Waals surface area contributed by atoms with Gasteiger partial charge in [0.05, 0.1) is 32.8 Å². The van der Waals surface area contributed by atoms with Gasteiger partial charge in [-0.05, 0) is 60.5 Å². The second kappa shape index (κ2) is 15.0. The fraction of sp³-hybridized carbons (Fsp3) is 0.212. The molecule has 0 fully saturated rings. The molecule has 4 aromatic carbocycles. The van der Waals surface area contributed by atoms with Crippen molar-refractivity contribution in [2.75, 3.05) is 25.0 Å². The number of hydrogen-bond acceptors (Lipinski definition) is 5. The number of nitrogens with one attached hydrogen (secondary N) is 1. The van der Waals surface area contributed by atoms with Crippen LogP contribution in [0.1, 0.15) is 16.7 Å². The normalized spacial score (nSPS) is 11.9. The van der Waals surface area contributed by atoms with E-state index in [0.717, 1.165) is 15.4 Å². The third kappa shape index (κ3) is 8.29. The summed E-state index contributed by atoms with van der Waals surface area (Å²) in [4.78, 5) is 29.1. The topological polar surface area (TPSA) is 96.0 Å². The molecule has 0 bridgehead atoms. The summed E-state index contributed by atoms with van der Waals surface area (Å²) < 4.78 is 34.5. The maximum Gasteiger partial charge on any atom is 0.264 e. The van der Waals surface area contributed by atoms with Crippen molar-refractivity contribution in [3.05, 3.63) is 123 Å². The largest absolute Gasteiger partial charge is 0.495 e. The van der Waals surface area contributed by atoms with Crippen molar-refractivity contribution in [2.45, 2.75) is 30.8 Å². The Kier molecular flexibility index (Phi) is 11.4. The molecule has 45 heavy (non-hydrogen) atoms. The maximum atomic E-state index is 14.4. The minimum atomic E-state index is -4.28. The average molecular weight is 689 g/mol. The van der Waals surface area contributed by atoms with Gasteiger partial charge in [-0.25, -0.2) is 8.42 Å². The Morgan fingerprint density at radius 2 is 1.53 bits per heavy atom. The number of ether oxygens (including phenoxy) is 1. The Hall–Kier alpha value is -3.76. The average Bonchev–Trinajstić information content (AvgIpc) is 3.03. The van der Waals surface area contributed by atoms with Crippen molar-refractivity contribution >= 4 is 62.3 Å². The first-order valence-corrected chi connectivity index (χ1v) is 16.4. The molecule has 2 amide bonds. The van der Waals surface area contributed by atoms with Crippen LogP contribution in [0.5, 0.6) is 5.75 Å². The molecule has 4 aromatic rings. The molecule has 0 heterocycles. The van der Waals surface area contributed by atoms with E-state index in [1.807, 2.05) is 37.3 Å². The number of benzene rings is 4. The molecule has 0 spiro atoms. The number of anilines is 1. The highest BCUT2D eigenvalue weighted by molar-refractivity contribution is 7.92. The number of amides is 2. The Morgan fingerprint density at radius 1 is 0.844 bits per heavy atom. The van der Waals surface area contributed by atoms with E-state index in [2.05, 4.69) is 5.32 Å². The lowest BCUT2D eigenvalue weighted by Crippen LogP contribution is -2.53. The zero-order chi connectivity index (χ0) is 32.7. The molecular formula is C33H32Cl3N3O5S. The number of likely N-dealkylation sites (N-methyl/N-ethyl adjacent to an activating group) is 1. The summed E-state index contributed by atoms with van der Waals surface area (Å²) in [7, 11) is -1.36. The van der Waals surface area contributed by atoms with Gasteiger partial charge in [0.1, 0.15) is 18.3 Å². The standard InChI is InChI=1S/C33H32Cl3N3O5S/c1-22-9-13-26(14-10-22)45(42,43)39(25-12-16-31(44-3)29(36)19-25)21-32(40)38(20-24-11-15-27(34)28(35)17-24)30(33(41)37-2)18-23-7-5-4-6-8-23/h4-17,19,30H,18,20-21H2,1-3H3,(H,37,41)/t30-/m1/s1. The van der Waals surface area contributed by atoms with Gasteiger partial charge in [-0.2, -0.15) is 0 Å². The van der Waals surface area contributed by atoms with Crippen molar-refractivity contribution in [3.8, 4) is 5.75 Å². The predicted molar refractivity (Wildman–Crippen MR) is 179 cm³/mol. The van der Waals surface area contributed by atoms with Gasteiger partial charge >= 0.3 is 0 Å². The van der Waals surface area contributed by atoms with Crippen molar-refractivity contribution in [1.82, 2.24) is 10.2 Å². The quantitative estimate of drug-likeness (QED) is 0.182. The zero-order valence-corrected chi connectivity index (χ0v) is 27.9. The molecule has 12 heteroatoms. The Morgan fingerprint density at radius 3 is 2.13 bits per heavy atom. The molecule has 0 aromatic heterocycles. The van der Waals surface area contributed by atoms with Crippen molar-refractivity contribution < 1.29 is 22.7 Å². The van der Waals surface area contributed by atoms with E-state index >= 15 is 0 Å². The molecular weight excluding hydrogens is 657 g/mol. The lowest BCUT2D eigenvalue weighted by Gasteiger charge is -2.33. The number of sulfonamides is 1. The number of nitrogens with zero attached hydrogens (tertiary/aromatic N) is 2. The fourth-order valence-corrected chi connectivity index (χ4v) is 6.71. The highest BCUT2D eigenvalue weighted by Gasteiger charge is 2.34. The fourth-order valence-electron chi connectivity index (χ4n) is 4.73. The van der Waals surface area contributed by atoms with E-state index in [9.17, 15) is 18.0 Å². The predicted octanol–water partition coefficient (Wildman–Crippen LogP) is 6.55. The van der Waals surface area contributed by atoms with E-state index in [1.54, 1.807) is 30.3 Å². The Balaban J connectivity index is 1.82. The molecule has 0 saturated heterocycles. The first-order chi connectivity index (χ1) is 21.4. The second-order valence-electron chi connectivity index (χ2n) is 10.2. The molecule has 0 aliphatic rings. The van der Waals surface area contributed by atoms with Crippen molar-refractivity contribution in [2.24, 2.45) is 0 Å². The first kappa shape index (κ1) is 34.1. The van der Waals surface area contributed by atoms with Crippen LogP contribution >= 0.6 is 34.8 Å². The molecule has 0 aliphatic heterocycles. The monoisotopic (exact) mass is 687 g/mol. The molecule has 0 unspecified atom stereocenters. The first-order valence-electron chi connectivity index (χ1n) is 13.9. The zero-order valence-electron chi connectivity index (χ0n) is 24.8. The summed E-state index contributed by atoms with van der Waals surface area (Å²) in [5, 5.41) is 3.42. The van der Waals surface area contributed by atoms with Crippen molar-refractivity contribution in [1.29, 1.82) is 0 Å². The van der Waals surface area contributed by atoms with Gasteiger partial charge in [0.2, 0.25) is 11.8 Å². The van der Waals surface area contributed by atoms with Crippen LogP contribution in [0.15, 0.2) is 95.9 Å². The highest BCUT2D eigenvalue weighted by Crippen LogP contribution is 2.32. The van der Waals surface area contributed by atoms with Crippen LogP contribution in [0.3, 0.4) is 0 Å². The Labute approximate surface area is 278 Å². The van der Waals surface area contributed by atoms with E-state index in [0.29, 0.717) is 16.3 Å². The van der Waals surface area contributed by atoms with Gasteiger partial charge in [0.15, 0.2) is 0 Å². The lowest BCUT2D eigenvalue weighted by molar-refractivity contribution is -0.139. The van der Waals surface area contributed by atoms with Crippen LogP contribution in [0.2, 0.25) is 15.1 Å². The van der Waals surface area contributed by atoms with Gasteiger partial charge < -0.3 is 15.0 Å². The van der Waals surface area contributed by atoms with E-state index in [-0.39, 0.29) is 33.6 Å². The summed E-state index contributed by atoms with van der Waals surface area (Å²) in [5.74, 6) is -0.718. The molecule has 8 nitrogen and oxygen atoms in total. The molecule has 0 saturated carbocycles. The van der Waals surface area contributed by atoms with Gasteiger partial charge in [0.25, 0.3) is 10.0 Å². The molecule has 0 radical (unpaired) electrons. The van der Waals surface area contributed by atoms with Crippen LogP contribution in [0, 0.1) is 6.92 Å². The minimum Gasteiger partial charge on any atom is -0.495 e. The summed E-state index contributed by atoms with van der Waals surface area (Å²) in [6.07, 6.45) is 0.173. The molecule has 1 N–H and O–H groups in total. The minimum absolute atomic E-state index is 0.0176. The van der Waals surface area contributed by atoms with E-state index in [1.165, 1.54) is 49.4 Å². The number of rotatable bonds is 12. The van der Waals surface area contributed by atoms with Crippen LogP contribution in [-0.4, -0.2) is 51.9 Å². The number of carbonyl (C=O) groups excluding carboxylic acids is 2. The second-order valence-corrected chi connectivity index (χ2v) is 13.3. The number of aryl methyl sites for hydroxylation is 1. The van der Waals surface area contributed by atoms with Gasteiger partial charge in [-0.1, -0.05) is 88.9 Å². The van der Waals surface area contributed by atoms with Crippen molar-refractivity contribution in [3.63, 3.8) is 0 Å². The third-order valence-electron chi connectivity index (χ3n) is 7.17. The third-order valence-corrected chi connectivity index (χ3v) is 9.99. The number of hydrogen-bond donors (Lipinski definition) is 1. The number of methoxy groups -OCH3 is 1. The lowest BCUT2D eigenvalue weighted by atomic mass is 10.0. The van der Waals surface area contributed by atoms with Crippen LogP contribution in [0.25, 0.3) is 0 Å². The SMILES string of the molecule is CNC(=O)[C@@H](Cc1ccccc1)N(Cc1ccc(Cl)c(Cl)c1)C(=O)CN(c1ccc(OC)c(Cl)c1)S(=O)(=O)c1ccc(C)cc1. The van der Waals surface area contributed by atoms with Crippen LogP contribution in [0.4, 0.5) is 5.69 Å². The molecule has 4 rings (SSSR count). The summed E-state index contributed by atoms with van der Waals surface area (Å²) in [6.45, 7) is 1.15. The van der Waals surface area contributed by atoms with E-state index in [4.69, 9.17) is 39.5 Å². The van der Waals surface area contributed by atoms with Gasteiger partial charge in [-0.15, -0.1) is 0 Å². The maximum absolute atomic E-state index is 14.4. The van der Waals surface area contributed by atoms with Gasteiger partial charge in [-0.3, -0.25) is 13.9 Å². The summed E-state index contributed by atoms with van der Waals surface area (Å²) in [6, 6.07) is 23.9. The van der Waals surface area contributed by atoms with Gasteiger partial charge in [0, 0.05) is 20.0 Å². The molecule has 236 valence electrons. The van der Waals surface area contributed by atoms with E-state index < -0.39 is 34.4 Å². The highest BCUT2D eigenvalue weighted by atomic mass is 35.5. The van der Waals surface area contributed by atoms with Crippen LogP contribution < -0.4 is 14.4 Å². The smallest absolute Gasteiger partial charge is 0.264 e. The van der Waals surface area contributed by atoms with Crippen LogP contribution in [-0.2, 0) is 32.6 Å². The number of halogens is 3. The molecule has 1 atom stereocenters. The number of carbonyl (C=O) groups is 2. The summed E-state index contributed by atoms with van der Waals surface area (Å²) in [5.41, 5.74) is 2.42. The summed E-state index contributed by atoms with van der Waals surface area (Å²) >= 11 is 18.8. The Bertz CT molecular complexity index is 1770.